The van der Waals surface area contributed by atoms with Crippen LogP contribution >= 0.6 is 0 Å². The van der Waals surface area contributed by atoms with E-state index in [1.807, 2.05) is 0 Å². The Morgan fingerprint density at radius 3 is 1.88 bits per heavy atom. The zero-order chi connectivity index (χ0) is 18.4. The molecule has 0 spiro atoms. The molecule has 1 heteroatoms. The monoisotopic (exact) mass is 334 g/mol. The Kier molecular flexibility index (Phi) is 14.0. The summed E-state index contributed by atoms with van der Waals surface area (Å²) in [7, 11) is 0. The van der Waals surface area contributed by atoms with Gasteiger partial charge < -0.3 is 4.79 Å². The van der Waals surface area contributed by atoms with Gasteiger partial charge in [0, 0.05) is 6.42 Å². The van der Waals surface area contributed by atoms with Crippen molar-refractivity contribution < 1.29 is 4.79 Å². The molecule has 0 saturated heterocycles. The van der Waals surface area contributed by atoms with Crippen molar-refractivity contribution in [3.05, 3.63) is 23.3 Å². The van der Waals surface area contributed by atoms with Gasteiger partial charge in [0.05, 0.1) is 0 Å². The lowest BCUT2D eigenvalue weighted by Gasteiger charge is -2.12. The smallest absolute Gasteiger partial charge is 0.130 e. The third-order valence-electron chi connectivity index (χ3n) is 4.77. The molecule has 0 rings (SSSR count). The minimum atomic E-state index is 0.285. The van der Waals surface area contributed by atoms with E-state index >= 15 is 0 Å². The molecule has 1 unspecified atom stereocenters. The fourth-order valence-corrected chi connectivity index (χ4v) is 3.02. The lowest BCUT2D eigenvalue weighted by atomic mass is 9.94. The fourth-order valence-electron chi connectivity index (χ4n) is 3.02. The first kappa shape index (κ1) is 23.1. The molecule has 24 heavy (non-hydrogen) atoms. The lowest BCUT2D eigenvalue weighted by Crippen LogP contribution is -1.97. The molecule has 0 amide bonds. The van der Waals surface area contributed by atoms with Crippen LogP contribution in [0.25, 0.3) is 0 Å². The second-order valence-corrected chi connectivity index (χ2v) is 8.20. The standard InChI is InChI=1S/C23H42O/c1-19(2)11-7-12-20(3)13-8-14-21(4)15-9-16-22(5)17-10-18-23(6)24/h15,17,19-20H,7-14,16,18H2,1-6H3. The SMILES string of the molecule is CC(=O)CCC=C(C)CCC=C(C)CCCC(C)CCCC(C)C. The largest absolute Gasteiger partial charge is 0.300 e. The van der Waals surface area contributed by atoms with Crippen molar-refractivity contribution in [1.82, 2.24) is 0 Å². The summed E-state index contributed by atoms with van der Waals surface area (Å²) in [4.78, 5) is 10.9. The summed E-state index contributed by atoms with van der Waals surface area (Å²) in [5.41, 5.74) is 2.96. The van der Waals surface area contributed by atoms with Gasteiger partial charge in [0.1, 0.15) is 5.78 Å². The molecule has 0 aromatic rings. The number of hydrogen-bond acceptors (Lipinski definition) is 1. The van der Waals surface area contributed by atoms with Gasteiger partial charge in [0.25, 0.3) is 0 Å². The molecule has 0 aliphatic carbocycles. The Hall–Kier alpha value is -0.850. The van der Waals surface area contributed by atoms with Crippen molar-refractivity contribution >= 4 is 5.78 Å². The van der Waals surface area contributed by atoms with E-state index in [1.54, 1.807) is 12.5 Å². The molecule has 1 atom stereocenters. The van der Waals surface area contributed by atoms with Gasteiger partial charge in [0.2, 0.25) is 0 Å². The third kappa shape index (κ3) is 16.0. The number of carbonyl (C=O) groups is 1. The molecule has 1 nitrogen and oxygen atoms in total. The minimum Gasteiger partial charge on any atom is -0.300 e. The van der Waals surface area contributed by atoms with Gasteiger partial charge in [-0.15, -0.1) is 0 Å². The number of ketones is 1. The maximum absolute atomic E-state index is 10.9. The average Bonchev–Trinajstić information content (AvgIpc) is 2.46. The summed E-state index contributed by atoms with van der Waals surface area (Å²) in [6, 6.07) is 0. The molecule has 0 N–H and O–H groups in total. The lowest BCUT2D eigenvalue weighted by molar-refractivity contribution is -0.116. The molecule has 0 aliphatic rings. The Morgan fingerprint density at radius 1 is 0.750 bits per heavy atom. The van der Waals surface area contributed by atoms with Crippen molar-refractivity contribution in [3.63, 3.8) is 0 Å². The minimum absolute atomic E-state index is 0.285. The number of rotatable bonds is 14. The van der Waals surface area contributed by atoms with E-state index in [0.29, 0.717) is 6.42 Å². The van der Waals surface area contributed by atoms with Gasteiger partial charge >= 0.3 is 0 Å². The summed E-state index contributed by atoms with van der Waals surface area (Å²) in [5, 5.41) is 0. The van der Waals surface area contributed by atoms with E-state index in [1.165, 1.54) is 44.1 Å². The zero-order valence-electron chi connectivity index (χ0n) is 17.3. The summed E-state index contributed by atoms with van der Waals surface area (Å²) < 4.78 is 0. The van der Waals surface area contributed by atoms with Crippen LogP contribution in [0.1, 0.15) is 106 Å². The van der Waals surface area contributed by atoms with Crippen LogP contribution in [0.5, 0.6) is 0 Å². The molecule has 0 heterocycles. The molecular weight excluding hydrogens is 292 g/mol. The summed E-state index contributed by atoms with van der Waals surface area (Å²) >= 11 is 0. The van der Waals surface area contributed by atoms with Gasteiger partial charge in [-0.2, -0.15) is 0 Å². The molecule has 0 bridgehead atoms. The maximum atomic E-state index is 10.9. The van der Waals surface area contributed by atoms with Gasteiger partial charge in [-0.3, -0.25) is 0 Å². The van der Waals surface area contributed by atoms with Crippen LogP contribution in [0.4, 0.5) is 0 Å². The van der Waals surface area contributed by atoms with Gasteiger partial charge in [0.15, 0.2) is 0 Å². The Balaban J connectivity index is 3.77. The first-order valence-corrected chi connectivity index (χ1v) is 10.1. The van der Waals surface area contributed by atoms with E-state index in [-0.39, 0.29) is 5.78 Å². The quantitative estimate of drug-likeness (QED) is 0.298. The highest BCUT2D eigenvalue weighted by Crippen LogP contribution is 2.19. The van der Waals surface area contributed by atoms with Gasteiger partial charge in [-0.05, 0) is 64.7 Å². The highest BCUT2D eigenvalue weighted by atomic mass is 16.1. The second kappa shape index (κ2) is 14.5. The molecule has 0 saturated carbocycles. The van der Waals surface area contributed by atoms with Crippen LogP contribution in [-0.2, 0) is 4.79 Å². The number of Topliss-reactive ketones (excluding diaryl/α,β-unsaturated/α-hetero) is 1. The van der Waals surface area contributed by atoms with Gasteiger partial charge in [-0.25, -0.2) is 0 Å². The first-order valence-electron chi connectivity index (χ1n) is 10.1. The molecular formula is C23H42O. The zero-order valence-corrected chi connectivity index (χ0v) is 17.3. The predicted molar refractivity (Wildman–Crippen MR) is 108 cm³/mol. The van der Waals surface area contributed by atoms with Crippen molar-refractivity contribution in [2.75, 3.05) is 0 Å². The molecule has 0 fully saturated rings. The van der Waals surface area contributed by atoms with E-state index in [9.17, 15) is 4.79 Å². The van der Waals surface area contributed by atoms with Crippen LogP contribution in [-0.4, -0.2) is 5.78 Å². The first-order chi connectivity index (χ1) is 11.3. The Labute approximate surface area is 152 Å². The molecule has 0 aromatic carbocycles. The van der Waals surface area contributed by atoms with E-state index < -0.39 is 0 Å². The molecule has 0 aliphatic heterocycles. The number of carbonyl (C=O) groups excluding carboxylic acids is 1. The summed E-state index contributed by atoms with van der Waals surface area (Å²) in [5.74, 6) is 2.01. The van der Waals surface area contributed by atoms with Crippen molar-refractivity contribution in [3.8, 4) is 0 Å². The van der Waals surface area contributed by atoms with E-state index in [0.717, 1.165) is 31.1 Å². The third-order valence-corrected chi connectivity index (χ3v) is 4.77. The van der Waals surface area contributed by atoms with Gasteiger partial charge in [-0.1, -0.05) is 69.8 Å². The second-order valence-electron chi connectivity index (χ2n) is 8.20. The summed E-state index contributed by atoms with van der Waals surface area (Å²) in [6.07, 6.45) is 16.6. The number of hydrogen-bond donors (Lipinski definition) is 0. The number of allylic oxidation sites excluding steroid dienone is 4. The van der Waals surface area contributed by atoms with E-state index in [2.05, 4.69) is 46.8 Å². The van der Waals surface area contributed by atoms with Crippen molar-refractivity contribution in [2.45, 2.75) is 106 Å². The van der Waals surface area contributed by atoms with Crippen molar-refractivity contribution in [2.24, 2.45) is 11.8 Å². The van der Waals surface area contributed by atoms with Crippen LogP contribution in [0.15, 0.2) is 23.3 Å². The topological polar surface area (TPSA) is 17.1 Å². The van der Waals surface area contributed by atoms with Crippen LogP contribution in [0.3, 0.4) is 0 Å². The predicted octanol–water partition coefficient (Wildman–Crippen LogP) is 7.66. The van der Waals surface area contributed by atoms with E-state index in [4.69, 9.17) is 0 Å². The summed E-state index contributed by atoms with van der Waals surface area (Å²) in [6.45, 7) is 13.2. The highest BCUT2D eigenvalue weighted by molar-refractivity contribution is 5.75. The molecule has 0 radical (unpaired) electrons. The maximum Gasteiger partial charge on any atom is 0.130 e. The van der Waals surface area contributed by atoms with Crippen LogP contribution < -0.4 is 0 Å². The fraction of sp³-hybridized carbons (Fsp3) is 0.783. The normalized spacial score (nSPS) is 14.3. The Bertz CT molecular complexity index is 387. The van der Waals surface area contributed by atoms with Crippen molar-refractivity contribution in [1.29, 1.82) is 0 Å². The molecule has 0 aromatic heterocycles. The molecule has 140 valence electrons. The van der Waals surface area contributed by atoms with Crippen LogP contribution in [0.2, 0.25) is 0 Å². The highest BCUT2D eigenvalue weighted by Gasteiger charge is 2.03. The van der Waals surface area contributed by atoms with Crippen LogP contribution in [0, 0.1) is 11.8 Å². The average molecular weight is 335 g/mol. The Morgan fingerprint density at radius 2 is 1.29 bits per heavy atom.